The molecule has 2 heterocycles. The summed E-state index contributed by atoms with van der Waals surface area (Å²) in [6.07, 6.45) is 2.86. The second-order valence-electron chi connectivity index (χ2n) is 5.95. The highest BCUT2D eigenvalue weighted by Gasteiger charge is 2.30. The first kappa shape index (κ1) is 15.7. The standard InChI is InChI=1S/C18H22N2O3/c1-2-23-18(22)16-9-5-6-10-20(16)12-14-11-13-7-3-4-8-15(13)19-17(14)21/h3-4,7-8,11,16H,2,5-6,9-10,12H2,1H3,(H,19,21). The third-order valence-corrected chi connectivity index (χ3v) is 4.38. The first-order chi connectivity index (χ1) is 11.2. The number of nitrogens with one attached hydrogen (secondary N) is 1. The van der Waals surface area contributed by atoms with E-state index in [9.17, 15) is 9.59 Å². The van der Waals surface area contributed by atoms with Gasteiger partial charge in [0.25, 0.3) is 5.56 Å². The van der Waals surface area contributed by atoms with Gasteiger partial charge in [-0.2, -0.15) is 0 Å². The third-order valence-electron chi connectivity index (χ3n) is 4.38. The fourth-order valence-corrected chi connectivity index (χ4v) is 3.21. The maximum absolute atomic E-state index is 12.3. The number of carbonyl (C=O) groups excluding carboxylic acids is 1. The molecule has 0 bridgehead atoms. The van der Waals surface area contributed by atoms with E-state index >= 15 is 0 Å². The molecule has 5 nitrogen and oxygen atoms in total. The van der Waals surface area contributed by atoms with Gasteiger partial charge in [-0.05, 0) is 43.8 Å². The number of nitrogens with zero attached hydrogens (tertiary/aromatic N) is 1. The molecule has 0 aliphatic carbocycles. The van der Waals surface area contributed by atoms with Crippen molar-refractivity contribution < 1.29 is 9.53 Å². The van der Waals surface area contributed by atoms with Gasteiger partial charge < -0.3 is 9.72 Å². The minimum Gasteiger partial charge on any atom is -0.465 e. The van der Waals surface area contributed by atoms with Crippen molar-refractivity contribution in [1.29, 1.82) is 0 Å². The Morgan fingerprint density at radius 1 is 1.35 bits per heavy atom. The van der Waals surface area contributed by atoms with Gasteiger partial charge >= 0.3 is 5.97 Å². The summed E-state index contributed by atoms with van der Waals surface area (Å²) in [5.41, 5.74) is 1.44. The predicted molar refractivity (Wildman–Crippen MR) is 89.3 cm³/mol. The molecule has 5 heteroatoms. The van der Waals surface area contributed by atoms with Crippen molar-refractivity contribution in [3.8, 4) is 0 Å². The first-order valence-electron chi connectivity index (χ1n) is 8.20. The van der Waals surface area contributed by atoms with Crippen LogP contribution >= 0.6 is 0 Å². The van der Waals surface area contributed by atoms with E-state index in [4.69, 9.17) is 4.74 Å². The average molecular weight is 314 g/mol. The fourth-order valence-electron chi connectivity index (χ4n) is 3.21. The summed E-state index contributed by atoms with van der Waals surface area (Å²) in [4.78, 5) is 29.4. The molecular formula is C18H22N2O3. The van der Waals surface area contributed by atoms with Crippen LogP contribution in [0.4, 0.5) is 0 Å². The van der Waals surface area contributed by atoms with Crippen molar-refractivity contribution in [2.75, 3.05) is 13.2 Å². The summed E-state index contributed by atoms with van der Waals surface area (Å²) in [6, 6.07) is 9.41. The van der Waals surface area contributed by atoms with Gasteiger partial charge in [-0.15, -0.1) is 0 Å². The van der Waals surface area contributed by atoms with Gasteiger partial charge in [-0.1, -0.05) is 24.6 Å². The van der Waals surface area contributed by atoms with Crippen molar-refractivity contribution >= 4 is 16.9 Å². The molecule has 1 atom stereocenters. The number of aromatic amines is 1. The molecule has 2 aromatic rings. The average Bonchev–Trinajstić information content (AvgIpc) is 2.56. The van der Waals surface area contributed by atoms with E-state index in [1.807, 2.05) is 37.3 Å². The number of likely N-dealkylation sites (tertiary alicyclic amines) is 1. The van der Waals surface area contributed by atoms with E-state index in [0.29, 0.717) is 18.7 Å². The molecule has 1 fully saturated rings. The largest absolute Gasteiger partial charge is 0.465 e. The van der Waals surface area contributed by atoms with Crippen LogP contribution in [0.25, 0.3) is 10.9 Å². The monoisotopic (exact) mass is 314 g/mol. The van der Waals surface area contributed by atoms with Crippen molar-refractivity contribution in [3.05, 3.63) is 46.2 Å². The first-order valence-corrected chi connectivity index (χ1v) is 8.20. The van der Waals surface area contributed by atoms with Crippen LogP contribution < -0.4 is 5.56 Å². The van der Waals surface area contributed by atoms with Crippen LogP contribution in [0.3, 0.4) is 0 Å². The van der Waals surface area contributed by atoms with Crippen molar-refractivity contribution in [2.24, 2.45) is 0 Å². The Morgan fingerprint density at radius 2 is 2.17 bits per heavy atom. The van der Waals surface area contributed by atoms with E-state index in [-0.39, 0.29) is 17.6 Å². The number of fused-ring (bicyclic) bond motifs is 1. The second kappa shape index (κ2) is 6.96. The SMILES string of the molecule is CCOC(=O)C1CCCCN1Cc1cc2ccccc2[nH]c1=O. The number of para-hydroxylation sites is 1. The maximum Gasteiger partial charge on any atom is 0.323 e. The molecule has 0 amide bonds. The van der Waals surface area contributed by atoms with Gasteiger partial charge in [-0.25, -0.2) is 0 Å². The smallest absolute Gasteiger partial charge is 0.323 e. The number of esters is 1. The lowest BCUT2D eigenvalue weighted by Gasteiger charge is -2.33. The Hall–Kier alpha value is -2.14. The number of piperidine rings is 1. The van der Waals surface area contributed by atoms with Crippen molar-refractivity contribution in [2.45, 2.75) is 38.8 Å². The predicted octanol–water partition coefficient (Wildman–Crippen LogP) is 2.45. The molecule has 1 aliphatic rings. The number of benzene rings is 1. The summed E-state index contributed by atoms with van der Waals surface area (Å²) in [5, 5.41) is 1.01. The Bertz CT molecular complexity index is 753. The molecule has 1 aliphatic heterocycles. The lowest BCUT2D eigenvalue weighted by atomic mass is 10.0. The lowest BCUT2D eigenvalue weighted by molar-refractivity contribution is -0.151. The van der Waals surface area contributed by atoms with E-state index < -0.39 is 0 Å². The number of hydrogen-bond donors (Lipinski definition) is 1. The van der Waals surface area contributed by atoms with Crippen LogP contribution in [-0.2, 0) is 16.1 Å². The molecular weight excluding hydrogens is 292 g/mol. The van der Waals surface area contributed by atoms with Crippen molar-refractivity contribution in [1.82, 2.24) is 9.88 Å². The van der Waals surface area contributed by atoms with E-state index in [1.165, 1.54) is 0 Å². The van der Waals surface area contributed by atoms with Gasteiger partial charge in [0.1, 0.15) is 6.04 Å². The Labute approximate surface area is 135 Å². The number of pyridine rings is 1. The summed E-state index contributed by atoms with van der Waals surface area (Å²) < 4.78 is 5.18. The van der Waals surface area contributed by atoms with Gasteiger partial charge in [0.05, 0.1) is 6.61 Å². The highest BCUT2D eigenvalue weighted by Crippen LogP contribution is 2.21. The molecule has 1 unspecified atom stereocenters. The number of carbonyl (C=O) groups is 1. The Balaban J connectivity index is 1.85. The van der Waals surface area contributed by atoms with Crippen molar-refractivity contribution in [3.63, 3.8) is 0 Å². The van der Waals surface area contributed by atoms with Crippen LogP contribution in [-0.4, -0.2) is 35.0 Å². The number of H-pyrrole nitrogens is 1. The van der Waals surface area contributed by atoms with Gasteiger partial charge in [-0.3, -0.25) is 14.5 Å². The van der Waals surface area contributed by atoms with Gasteiger partial charge in [0.15, 0.2) is 0 Å². The second-order valence-corrected chi connectivity index (χ2v) is 5.95. The summed E-state index contributed by atoms with van der Waals surface area (Å²) >= 11 is 0. The number of ether oxygens (including phenoxy) is 1. The normalized spacial score (nSPS) is 18.9. The topological polar surface area (TPSA) is 62.4 Å². The minimum atomic E-state index is -0.241. The highest BCUT2D eigenvalue weighted by molar-refractivity contribution is 5.79. The number of aromatic nitrogens is 1. The molecule has 1 saturated heterocycles. The molecule has 0 spiro atoms. The van der Waals surface area contributed by atoms with Crippen LogP contribution in [0.5, 0.6) is 0 Å². The molecule has 1 aromatic carbocycles. The zero-order valence-corrected chi connectivity index (χ0v) is 13.4. The number of rotatable bonds is 4. The van der Waals surface area contributed by atoms with Crippen LogP contribution in [0.15, 0.2) is 35.1 Å². The molecule has 3 rings (SSSR count). The Morgan fingerprint density at radius 3 is 3.00 bits per heavy atom. The third kappa shape index (κ3) is 3.45. The zero-order valence-electron chi connectivity index (χ0n) is 13.4. The Kier molecular flexibility index (Phi) is 4.76. The molecule has 1 N–H and O–H groups in total. The maximum atomic E-state index is 12.3. The van der Waals surface area contributed by atoms with E-state index in [1.54, 1.807) is 0 Å². The molecule has 122 valence electrons. The summed E-state index contributed by atoms with van der Waals surface area (Å²) in [6.45, 7) is 3.50. The van der Waals surface area contributed by atoms with Crippen LogP contribution in [0.2, 0.25) is 0 Å². The van der Waals surface area contributed by atoms with Crippen LogP contribution in [0, 0.1) is 0 Å². The lowest BCUT2D eigenvalue weighted by Crippen LogP contribution is -2.45. The summed E-state index contributed by atoms with van der Waals surface area (Å²) in [5.74, 6) is -0.176. The number of hydrogen-bond acceptors (Lipinski definition) is 4. The van der Waals surface area contributed by atoms with E-state index in [2.05, 4.69) is 9.88 Å². The van der Waals surface area contributed by atoms with Gasteiger partial charge in [0, 0.05) is 17.6 Å². The highest BCUT2D eigenvalue weighted by atomic mass is 16.5. The fraction of sp³-hybridized carbons (Fsp3) is 0.444. The quantitative estimate of drug-likeness (QED) is 0.881. The van der Waals surface area contributed by atoms with Crippen LogP contribution in [0.1, 0.15) is 31.7 Å². The molecule has 23 heavy (non-hydrogen) atoms. The minimum absolute atomic E-state index is 0.0862. The molecule has 1 aromatic heterocycles. The summed E-state index contributed by atoms with van der Waals surface area (Å²) in [7, 11) is 0. The molecule has 0 radical (unpaired) electrons. The van der Waals surface area contributed by atoms with E-state index in [0.717, 1.165) is 36.7 Å². The van der Waals surface area contributed by atoms with Gasteiger partial charge in [0.2, 0.25) is 0 Å². The zero-order chi connectivity index (χ0) is 16.2. The molecule has 0 saturated carbocycles.